The van der Waals surface area contributed by atoms with Crippen molar-refractivity contribution in [2.75, 3.05) is 19.5 Å². The fraction of sp³-hybridized carbons (Fsp3) is 0.360. The maximum Gasteiger partial charge on any atom is 0.145 e. The van der Waals surface area contributed by atoms with Gasteiger partial charge < -0.3 is 24.3 Å². The van der Waals surface area contributed by atoms with Crippen LogP contribution in [-0.4, -0.2) is 44.1 Å². The molecule has 35 heavy (non-hydrogen) atoms. The summed E-state index contributed by atoms with van der Waals surface area (Å²) in [5.41, 5.74) is 4.97. The zero-order valence-corrected chi connectivity index (χ0v) is 20.6. The quantitative estimate of drug-likeness (QED) is 0.361. The van der Waals surface area contributed by atoms with Gasteiger partial charge in [0.2, 0.25) is 0 Å². The highest BCUT2D eigenvalue weighted by Crippen LogP contribution is 2.48. The van der Waals surface area contributed by atoms with Crippen molar-refractivity contribution in [3.05, 3.63) is 41.2 Å². The predicted molar refractivity (Wildman–Crippen MR) is 132 cm³/mol. The van der Waals surface area contributed by atoms with Crippen LogP contribution in [0, 0.1) is 20.8 Å². The van der Waals surface area contributed by atoms with E-state index in [0.29, 0.717) is 11.6 Å². The Kier molecular flexibility index (Phi) is 4.65. The molecule has 0 radical (unpaired) electrons. The van der Waals surface area contributed by atoms with Gasteiger partial charge in [0.25, 0.3) is 0 Å². The monoisotopic (exact) mass is 473 g/mol. The third kappa shape index (κ3) is 3.28. The van der Waals surface area contributed by atoms with Crippen LogP contribution in [0.1, 0.15) is 35.8 Å². The van der Waals surface area contributed by atoms with Crippen molar-refractivity contribution < 1.29 is 14.0 Å². The number of aryl methyl sites for hydroxylation is 4. The van der Waals surface area contributed by atoms with Crippen LogP contribution in [0.5, 0.6) is 5.75 Å². The highest BCUT2D eigenvalue weighted by Gasteiger charge is 2.47. The molecule has 6 rings (SSSR count). The van der Waals surface area contributed by atoms with Gasteiger partial charge in [-0.2, -0.15) is 5.10 Å². The second-order valence-electron chi connectivity index (χ2n) is 9.13. The van der Waals surface area contributed by atoms with Crippen molar-refractivity contribution >= 4 is 33.6 Å². The van der Waals surface area contributed by atoms with E-state index in [4.69, 9.17) is 24.1 Å². The maximum absolute atomic E-state index is 5.79. The van der Waals surface area contributed by atoms with Gasteiger partial charge in [-0.1, -0.05) is 5.16 Å². The summed E-state index contributed by atoms with van der Waals surface area (Å²) in [6.45, 7) is 5.71. The molecular weight excluding hydrogens is 446 g/mol. The van der Waals surface area contributed by atoms with Gasteiger partial charge in [0.15, 0.2) is 0 Å². The van der Waals surface area contributed by atoms with E-state index in [-0.39, 0.29) is 5.60 Å². The van der Waals surface area contributed by atoms with Crippen molar-refractivity contribution in [3.63, 3.8) is 0 Å². The molecule has 1 aliphatic rings. The summed E-state index contributed by atoms with van der Waals surface area (Å²) in [5.74, 6) is 3.64. The van der Waals surface area contributed by atoms with Crippen LogP contribution in [0.25, 0.3) is 33.1 Å². The molecule has 0 atom stereocenters. The summed E-state index contributed by atoms with van der Waals surface area (Å²) >= 11 is 0. The van der Waals surface area contributed by atoms with E-state index in [2.05, 4.69) is 26.5 Å². The minimum Gasteiger partial charge on any atom is -0.496 e. The lowest BCUT2D eigenvalue weighted by Gasteiger charge is -2.10. The van der Waals surface area contributed by atoms with E-state index >= 15 is 0 Å². The van der Waals surface area contributed by atoms with Crippen molar-refractivity contribution in [2.45, 2.75) is 39.2 Å². The van der Waals surface area contributed by atoms with Crippen LogP contribution < -0.4 is 10.1 Å². The number of hydrogen-bond acceptors (Lipinski definition) is 8. The SMILES string of the molecule is COc1cc2c(cc1-c1c(C)noc1C)[nH]c1nc(C)nc(Nc3cc(C4(OC)CC4)nn3C)c12. The average Bonchev–Trinajstić information content (AvgIpc) is 3.28. The third-order valence-corrected chi connectivity index (χ3v) is 6.87. The van der Waals surface area contributed by atoms with Gasteiger partial charge in [0.1, 0.15) is 40.2 Å². The number of methoxy groups -OCH3 is 2. The van der Waals surface area contributed by atoms with Crippen LogP contribution in [-0.2, 0) is 17.4 Å². The molecule has 4 heterocycles. The minimum absolute atomic E-state index is 0.267. The Morgan fingerprint density at radius 2 is 1.91 bits per heavy atom. The van der Waals surface area contributed by atoms with Crippen molar-refractivity contribution in [1.29, 1.82) is 0 Å². The van der Waals surface area contributed by atoms with Crippen molar-refractivity contribution in [1.82, 2.24) is 29.9 Å². The lowest BCUT2D eigenvalue weighted by Crippen LogP contribution is -2.10. The number of hydrogen-bond donors (Lipinski definition) is 2. The molecule has 180 valence electrons. The smallest absolute Gasteiger partial charge is 0.145 e. The Balaban J connectivity index is 1.52. The zero-order chi connectivity index (χ0) is 24.5. The molecule has 4 aromatic heterocycles. The third-order valence-electron chi connectivity index (χ3n) is 6.87. The van der Waals surface area contributed by atoms with Gasteiger partial charge >= 0.3 is 0 Å². The van der Waals surface area contributed by atoms with Crippen LogP contribution in [0.2, 0.25) is 0 Å². The molecule has 5 aromatic rings. The molecule has 0 unspecified atom stereocenters. The highest BCUT2D eigenvalue weighted by atomic mass is 16.5. The Labute approximate surface area is 201 Å². The molecule has 0 amide bonds. The second-order valence-corrected chi connectivity index (χ2v) is 9.13. The average molecular weight is 474 g/mol. The van der Waals surface area contributed by atoms with E-state index in [1.165, 1.54) is 0 Å². The van der Waals surface area contributed by atoms with Crippen LogP contribution in [0.4, 0.5) is 11.6 Å². The van der Waals surface area contributed by atoms with Crippen LogP contribution in [0.3, 0.4) is 0 Å². The largest absolute Gasteiger partial charge is 0.496 e. The summed E-state index contributed by atoms with van der Waals surface area (Å²) < 4.78 is 18.7. The number of aromatic nitrogens is 6. The molecule has 10 nitrogen and oxygen atoms in total. The lowest BCUT2D eigenvalue weighted by molar-refractivity contribution is 0.0747. The maximum atomic E-state index is 5.79. The Morgan fingerprint density at radius 1 is 1.11 bits per heavy atom. The standard InChI is InChI=1S/C25H27N7O3/c1-12-21(13(2)35-31-12)16-9-17-15(10-18(16)33-5)22-23(28-17)26-14(3)27-24(22)29-20-11-19(30-32(20)4)25(34-6)7-8-25/h9-11H,7-8H2,1-6H3,(H2,26,27,28,29). The van der Waals surface area contributed by atoms with E-state index in [9.17, 15) is 0 Å². The number of nitrogens with zero attached hydrogens (tertiary/aromatic N) is 5. The first-order valence-corrected chi connectivity index (χ1v) is 11.5. The molecule has 1 aliphatic carbocycles. The Hall–Kier alpha value is -3.92. The van der Waals surface area contributed by atoms with Crippen molar-refractivity contribution in [2.24, 2.45) is 7.05 Å². The van der Waals surface area contributed by atoms with Gasteiger partial charge in [-0.15, -0.1) is 0 Å². The molecule has 0 saturated heterocycles. The van der Waals surface area contributed by atoms with E-state index in [1.807, 2.05) is 44.6 Å². The van der Waals surface area contributed by atoms with Gasteiger partial charge in [0.05, 0.1) is 29.4 Å². The predicted octanol–water partition coefficient (Wildman–Crippen LogP) is 4.81. The van der Waals surface area contributed by atoms with Crippen LogP contribution in [0.15, 0.2) is 22.7 Å². The number of H-pyrrole nitrogens is 1. The Bertz CT molecular complexity index is 1590. The number of fused-ring (bicyclic) bond motifs is 3. The molecule has 1 saturated carbocycles. The molecule has 0 aliphatic heterocycles. The second kappa shape index (κ2) is 7.54. The van der Waals surface area contributed by atoms with Gasteiger partial charge in [-0.25, -0.2) is 9.97 Å². The summed E-state index contributed by atoms with van der Waals surface area (Å²) in [6, 6.07) is 6.10. The Morgan fingerprint density at radius 3 is 2.57 bits per heavy atom. The summed E-state index contributed by atoms with van der Waals surface area (Å²) in [5, 5.41) is 14.1. The lowest BCUT2D eigenvalue weighted by atomic mass is 10.0. The van der Waals surface area contributed by atoms with E-state index in [1.54, 1.807) is 14.2 Å². The number of ether oxygens (including phenoxy) is 2. The van der Waals surface area contributed by atoms with Gasteiger partial charge in [-0.3, -0.25) is 4.68 Å². The fourth-order valence-electron chi connectivity index (χ4n) is 4.86. The van der Waals surface area contributed by atoms with E-state index in [0.717, 1.165) is 74.6 Å². The van der Waals surface area contributed by atoms with Crippen molar-refractivity contribution in [3.8, 4) is 16.9 Å². The minimum atomic E-state index is -0.267. The zero-order valence-electron chi connectivity index (χ0n) is 20.6. The summed E-state index contributed by atoms with van der Waals surface area (Å²) in [4.78, 5) is 12.9. The first-order chi connectivity index (χ1) is 16.8. The highest BCUT2D eigenvalue weighted by molar-refractivity contribution is 6.13. The molecule has 10 heteroatoms. The number of nitrogens with one attached hydrogen (secondary N) is 2. The normalized spacial score (nSPS) is 14.7. The molecule has 0 spiro atoms. The van der Waals surface area contributed by atoms with E-state index < -0.39 is 0 Å². The fourth-order valence-corrected chi connectivity index (χ4v) is 4.86. The molecule has 2 N–H and O–H groups in total. The first-order valence-electron chi connectivity index (χ1n) is 11.5. The van der Waals surface area contributed by atoms with Gasteiger partial charge in [0, 0.05) is 36.7 Å². The van der Waals surface area contributed by atoms with Gasteiger partial charge in [-0.05, 0) is 45.7 Å². The topological polar surface area (TPSA) is 116 Å². The van der Waals surface area contributed by atoms with Crippen LogP contribution >= 0.6 is 0 Å². The number of rotatable bonds is 6. The molecule has 1 fully saturated rings. The molecule has 1 aromatic carbocycles. The summed E-state index contributed by atoms with van der Waals surface area (Å²) in [6.07, 6.45) is 1.96. The summed E-state index contributed by atoms with van der Waals surface area (Å²) in [7, 11) is 5.32. The molecule has 0 bridgehead atoms. The number of aromatic amines is 1. The first kappa shape index (κ1) is 21.6. The number of benzene rings is 1. The number of anilines is 2. The molecular formula is C25H27N7O3.